The zero-order chi connectivity index (χ0) is 25.5. The fraction of sp³-hybridized carbons (Fsp3) is 0.679. The highest BCUT2D eigenvalue weighted by Crippen LogP contribution is 2.47. The molecule has 3 heterocycles. The van der Waals surface area contributed by atoms with Crippen molar-refractivity contribution in [1.82, 2.24) is 4.98 Å². The van der Waals surface area contributed by atoms with Crippen LogP contribution in [-0.4, -0.2) is 39.7 Å². The van der Waals surface area contributed by atoms with Crippen LogP contribution in [0.4, 0.5) is 0 Å². The largest absolute Gasteiger partial charge is 0.457 e. The van der Waals surface area contributed by atoms with E-state index in [-0.39, 0.29) is 35.8 Å². The van der Waals surface area contributed by atoms with E-state index in [0.29, 0.717) is 12.8 Å². The first-order chi connectivity index (χ1) is 16.4. The lowest BCUT2D eigenvalue weighted by Gasteiger charge is -2.31. The molecule has 1 aromatic carbocycles. The van der Waals surface area contributed by atoms with E-state index in [1.807, 2.05) is 39.8 Å². The molecule has 6 nitrogen and oxygen atoms in total. The average Bonchev–Trinajstić information content (AvgIpc) is 3.27. The SMILES string of the molecule is Cc1nc2ccc(C3C[C@@H]4O[C@]4(C)CCC[C@H](C)[C@H](O)[C@@H](C)C(=O)C(C)(C)CCC(=O)O3)cc2s1. The van der Waals surface area contributed by atoms with Crippen LogP contribution < -0.4 is 0 Å². The van der Waals surface area contributed by atoms with E-state index < -0.39 is 23.5 Å². The second-order valence-electron chi connectivity index (χ2n) is 11.5. The van der Waals surface area contributed by atoms with Gasteiger partial charge in [0.2, 0.25) is 0 Å². The molecule has 0 radical (unpaired) electrons. The number of nitrogens with zero attached hydrogens (tertiary/aromatic N) is 1. The molecule has 2 fully saturated rings. The van der Waals surface area contributed by atoms with E-state index >= 15 is 0 Å². The number of aromatic nitrogens is 1. The summed E-state index contributed by atoms with van der Waals surface area (Å²) in [5.41, 5.74) is 0.937. The fourth-order valence-electron chi connectivity index (χ4n) is 5.48. The minimum Gasteiger partial charge on any atom is -0.457 e. The Labute approximate surface area is 212 Å². The number of aryl methyl sites for hydroxylation is 1. The molecule has 7 heteroatoms. The highest BCUT2D eigenvalue weighted by Gasteiger charge is 2.52. The number of ether oxygens (including phenoxy) is 2. The zero-order valence-electron chi connectivity index (χ0n) is 21.8. The first-order valence-electron chi connectivity index (χ1n) is 12.9. The first kappa shape index (κ1) is 26.2. The van der Waals surface area contributed by atoms with Gasteiger partial charge in [-0.2, -0.15) is 0 Å². The van der Waals surface area contributed by atoms with Gasteiger partial charge < -0.3 is 14.6 Å². The fourth-order valence-corrected chi connectivity index (χ4v) is 6.35. The normalized spacial score (nSPS) is 34.9. The van der Waals surface area contributed by atoms with Gasteiger partial charge in [-0.15, -0.1) is 11.3 Å². The van der Waals surface area contributed by atoms with E-state index in [0.717, 1.165) is 40.1 Å². The maximum absolute atomic E-state index is 13.2. The second-order valence-corrected chi connectivity index (χ2v) is 12.7. The summed E-state index contributed by atoms with van der Waals surface area (Å²) >= 11 is 1.63. The van der Waals surface area contributed by atoms with Gasteiger partial charge in [0, 0.05) is 24.2 Å². The van der Waals surface area contributed by atoms with E-state index in [1.54, 1.807) is 18.3 Å². The van der Waals surface area contributed by atoms with Crippen LogP contribution >= 0.6 is 11.3 Å². The highest BCUT2D eigenvalue weighted by molar-refractivity contribution is 7.18. The molecular formula is C28H39NO5S. The molecule has 35 heavy (non-hydrogen) atoms. The molecule has 4 rings (SSSR count). The molecule has 192 valence electrons. The van der Waals surface area contributed by atoms with Crippen LogP contribution in [0.15, 0.2) is 18.2 Å². The zero-order valence-corrected chi connectivity index (χ0v) is 22.6. The number of hydrogen-bond acceptors (Lipinski definition) is 7. The van der Waals surface area contributed by atoms with Gasteiger partial charge in [-0.05, 0) is 56.7 Å². The molecule has 6 atom stereocenters. The maximum atomic E-state index is 13.2. The van der Waals surface area contributed by atoms with Crippen molar-refractivity contribution in [3.05, 3.63) is 28.8 Å². The topological polar surface area (TPSA) is 89.0 Å². The third kappa shape index (κ3) is 5.78. The van der Waals surface area contributed by atoms with Gasteiger partial charge in [-0.1, -0.05) is 40.2 Å². The number of aliphatic hydroxyl groups is 1. The Kier molecular flexibility index (Phi) is 7.43. The van der Waals surface area contributed by atoms with Crippen molar-refractivity contribution in [3.8, 4) is 0 Å². The summed E-state index contributed by atoms with van der Waals surface area (Å²) in [6.07, 6.45) is 2.67. The molecule has 0 aliphatic carbocycles. The minimum atomic E-state index is -0.719. The van der Waals surface area contributed by atoms with Crippen LogP contribution in [0.3, 0.4) is 0 Å². The molecule has 1 N–H and O–H groups in total. The van der Waals surface area contributed by atoms with Gasteiger partial charge in [0.25, 0.3) is 0 Å². The van der Waals surface area contributed by atoms with E-state index in [2.05, 4.69) is 18.0 Å². The summed E-state index contributed by atoms with van der Waals surface area (Å²) < 4.78 is 13.2. The van der Waals surface area contributed by atoms with Gasteiger partial charge >= 0.3 is 5.97 Å². The summed E-state index contributed by atoms with van der Waals surface area (Å²) in [5.74, 6) is -0.776. The van der Waals surface area contributed by atoms with E-state index in [4.69, 9.17) is 9.47 Å². The number of carbonyl (C=O) groups excluding carboxylic acids is 2. The molecule has 0 amide bonds. The third-order valence-corrected chi connectivity index (χ3v) is 9.02. The number of thiazole rings is 1. The number of esters is 1. The van der Waals surface area contributed by atoms with Crippen molar-refractivity contribution >= 4 is 33.3 Å². The predicted octanol–water partition coefficient (Wildman–Crippen LogP) is 5.93. The van der Waals surface area contributed by atoms with Crippen LogP contribution in [0.2, 0.25) is 0 Å². The first-order valence-corrected chi connectivity index (χ1v) is 13.7. The molecule has 0 bridgehead atoms. The van der Waals surface area contributed by atoms with Crippen LogP contribution in [0.1, 0.15) is 89.8 Å². The smallest absolute Gasteiger partial charge is 0.306 e. The average molecular weight is 502 g/mol. The van der Waals surface area contributed by atoms with Gasteiger partial charge in [0.05, 0.1) is 33.0 Å². The third-order valence-electron chi connectivity index (χ3n) is 8.09. The van der Waals surface area contributed by atoms with Gasteiger partial charge in [-0.25, -0.2) is 4.98 Å². The number of ketones is 1. The van der Waals surface area contributed by atoms with Gasteiger partial charge in [0.1, 0.15) is 11.9 Å². The van der Waals surface area contributed by atoms with Crippen LogP contribution in [-0.2, 0) is 19.1 Å². The van der Waals surface area contributed by atoms with Crippen molar-refractivity contribution in [3.63, 3.8) is 0 Å². The number of aliphatic hydroxyl groups excluding tert-OH is 1. The van der Waals surface area contributed by atoms with Crippen LogP contribution in [0.25, 0.3) is 10.2 Å². The number of epoxide rings is 1. The van der Waals surface area contributed by atoms with Crippen LogP contribution in [0, 0.1) is 24.2 Å². The maximum Gasteiger partial charge on any atom is 0.306 e. The summed E-state index contributed by atoms with van der Waals surface area (Å²) in [6, 6.07) is 6.06. The Morgan fingerprint density at radius 2 is 1.89 bits per heavy atom. The predicted molar refractivity (Wildman–Crippen MR) is 137 cm³/mol. The summed E-state index contributed by atoms with van der Waals surface area (Å²) in [6.45, 7) is 11.7. The van der Waals surface area contributed by atoms with Crippen molar-refractivity contribution in [2.75, 3.05) is 0 Å². The number of cyclic esters (lactones) is 1. The Morgan fingerprint density at radius 1 is 1.14 bits per heavy atom. The lowest BCUT2D eigenvalue weighted by molar-refractivity contribution is -0.151. The lowest BCUT2D eigenvalue weighted by Crippen LogP contribution is -2.39. The van der Waals surface area contributed by atoms with Crippen LogP contribution in [0.5, 0.6) is 0 Å². The molecule has 2 aromatic rings. The lowest BCUT2D eigenvalue weighted by atomic mass is 9.74. The number of rotatable bonds is 1. The molecule has 0 spiro atoms. The molecule has 1 unspecified atom stereocenters. The number of carbonyl (C=O) groups is 2. The van der Waals surface area contributed by atoms with Crippen molar-refractivity contribution in [2.45, 2.75) is 104 Å². The highest BCUT2D eigenvalue weighted by atomic mass is 32.1. The standard InChI is InChI=1S/C28H39NO5S/c1-16-8-7-12-28(6)23(34-28)15-21(19-9-10-20-22(14-19)35-18(3)29-20)33-24(30)11-13-27(4,5)26(32)17(2)25(16)31/h9-10,14,16-17,21,23,25,31H,7-8,11-13,15H2,1-6H3/t16-,17+,21?,23-,25-,28+/m0/s1. The molecular weight excluding hydrogens is 462 g/mol. The quantitative estimate of drug-likeness (QED) is 0.385. The monoisotopic (exact) mass is 501 g/mol. The number of benzene rings is 1. The molecule has 1 aromatic heterocycles. The van der Waals surface area contributed by atoms with E-state index in [9.17, 15) is 14.7 Å². The number of hydrogen-bond donors (Lipinski definition) is 1. The summed E-state index contributed by atoms with van der Waals surface area (Å²) in [4.78, 5) is 30.7. The summed E-state index contributed by atoms with van der Waals surface area (Å²) in [5, 5.41) is 11.8. The summed E-state index contributed by atoms with van der Waals surface area (Å²) in [7, 11) is 0. The number of fused-ring (bicyclic) bond motifs is 2. The van der Waals surface area contributed by atoms with E-state index in [1.165, 1.54) is 0 Å². The van der Waals surface area contributed by atoms with Crippen molar-refractivity contribution < 1.29 is 24.2 Å². The molecule has 0 saturated carbocycles. The van der Waals surface area contributed by atoms with Crippen molar-refractivity contribution in [2.24, 2.45) is 17.3 Å². The Hall–Kier alpha value is -1.83. The molecule has 2 saturated heterocycles. The Bertz CT molecular complexity index is 1090. The molecule has 2 aliphatic heterocycles. The van der Waals surface area contributed by atoms with Gasteiger partial charge in [-0.3, -0.25) is 9.59 Å². The molecule has 2 aliphatic rings. The Morgan fingerprint density at radius 3 is 2.63 bits per heavy atom. The van der Waals surface area contributed by atoms with Crippen molar-refractivity contribution in [1.29, 1.82) is 0 Å². The minimum absolute atomic E-state index is 0.00290. The second kappa shape index (κ2) is 9.91. The Balaban J connectivity index is 1.58. The number of Topliss-reactive ketones (excluding diaryl/α,β-unsaturated/α-hetero) is 1. The van der Waals surface area contributed by atoms with Gasteiger partial charge in [0.15, 0.2) is 0 Å².